The van der Waals surface area contributed by atoms with E-state index < -0.39 is 0 Å². The summed E-state index contributed by atoms with van der Waals surface area (Å²) in [4.78, 5) is 31.6. The summed E-state index contributed by atoms with van der Waals surface area (Å²) in [6.45, 7) is 4.98. The number of ether oxygens (including phenoxy) is 1. The fraction of sp³-hybridized carbons (Fsp3) is 0.240. The Balaban J connectivity index is 1.48. The molecular weight excluding hydrogens is 390 g/mol. The molecule has 0 saturated heterocycles. The van der Waals surface area contributed by atoms with Gasteiger partial charge in [0.05, 0.1) is 18.6 Å². The molecule has 158 valence electrons. The van der Waals surface area contributed by atoms with Crippen LogP contribution in [0.1, 0.15) is 34.1 Å². The summed E-state index contributed by atoms with van der Waals surface area (Å²) in [7, 11) is 0. The number of aryl methyl sites for hydroxylation is 1. The molecular formula is C25H25N3O3. The predicted octanol–water partition coefficient (Wildman–Crippen LogP) is 4.17. The van der Waals surface area contributed by atoms with E-state index in [4.69, 9.17) is 4.74 Å². The molecule has 6 heteroatoms. The lowest BCUT2D eigenvalue weighted by Crippen LogP contribution is -2.30. The summed E-state index contributed by atoms with van der Waals surface area (Å²) in [5.74, 6) is 0.382. The van der Waals surface area contributed by atoms with E-state index in [0.29, 0.717) is 30.2 Å². The maximum atomic E-state index is 12.8. The van der Waals surface area contributed by atoms with Gasteiger partial charge >= 0.3 is 0 Å². The number of hydrogen-bond donors (Lipinski definition) is 1. The SMILES string of the molecule is CCOc1cc(C)ccc1C(=O)Nc1ccc2c(c1)CCN2C(=O)Cc1ccccn1. The fourth-order valence-corrected chi connectivity index (χ4v) is 3.78. The lowest BCUT2D eigenvalue weighted by atomic mass is 10.1. The van der Waals surface area contributed by atoms with E-state index >= 15 is 0 Å². The minimum absolute atomic E-state index is 0.0234. The minimum atomic E-state index is -0.218. The molecule has 0 fully saturated rings. The second-order valence-corrected chi connectivity index (χ2v) is 7.52. The van der Waals surface area contributed by atoms with Crippen LogP contribution < -0.4 is 15.0 Å². The van der Waals surface area contributed by atoms with E-state index in [2.05, 4.69) is 10.3 Å². The minimum Gasteiger partial charge on any atom is -0.493 e. The summed E-state index contributed by atoms with van der Waals surface area (Å²) in [6.07, 6.45) is 2.72. The number of carbonyl (C=O) groups is 2. The number of pyridine rings is 1. The molecule has 3 aromatic rings. The van der Waals surface area contributed by atoms with E-state index in [9.17, 15) is 9.59 Å². The van der Waals surface area contributed by atoms with Crippen LogP contribution in [0.2, 0.25) is 0 Å². The van der Waals surface area contributed by atoms with Crippen molar-refractivity contribution in [1.82, 2.24) is 4.98 Å². The lowest BCUT2D eigenvalue weighted by molar-refractivity contribution is -0.117. The Morgan fingerprint density at radius 1 is 1.13 bits per heavy atom. The molecule has 0 atom stereocenters. The van der Waals surface area contributed by atoms with Gasteiger partial charge in [0.2, 0.25) is 5.91 Å². The molecule has 0 spiro atoms. The Hall–Kier alpha value is -3.67. The molecule has 2 heterocycles. The van der Waals surface area contributed by atoms with Crippen LogP contribution in [0.4, 0.5) is 11.4 Å². The summed E-state index contributed by atoms with van der Waals surface area (Å²) >= 11 is 0. The largest absolute Gasteiger partial charge is 0.493 e. The smallest absolute Gasteiger partial charge is 0.259 e. The van der Waals surface area contributed by atoms with Crippen LogP contribution in [-0.2, 0) is 17.6 Å². The van der Waals surface area contributed by atoms with Gasteiger partial charge in [-0.1, -0.05) is 12.1 Å². The Labute approximate surface area is 181 Å². The van der Waals surface area contributed by atoms with E-state index in [1.165, 1.54) is 0 Å². The summed E-state index contributed by atoms with van der Waals surface area (Å²) in [5.41, 5.74) is 4.93. The molecule has 1 N–H and O–H groups in total. The summed E-state index contributed by atoms with van der Waals surface area (Å²) in [5, 5.41) is 2.96. The zero-order valence-electron chi connectivity index (χ0n) is 17.7. The van der Waals surface area contributed by atoms with Crippen LogP contribution in [0.5, 0.6) is 5.75 Å². The zero-order chi connectivity index (χ0) is 21.8. The van der Waals surface area contributed by atoms with E-state index in [-0.39, 0.29) is 18.2 Å². The van der Waals surface area contributed by atoms with Gasteiger partial charge in [-0.05, 0) is 73.9 Å². The van der Waals surface area contributed by atoms with Crippen molar-refractivity contribution in [1.29, 1.82) is 0 Å². The molecule has 4 rings (SSSR count). The molecule has 6 nitrogen and oxygen atoms in total. The van der Waals surface area contributed by atoms with Gasteiger partial charge < -0.3 is 15.0 Å². The molecule has 2 amide bonds. The highest BCUT2D eigenvalue weighted by Gasteiger charge is 2.25. The van der Waals surface area contributed by atoms with E-state index in [1.807, 2.05) is 62.4 Å². The van der Waals surface area contributed by atoms with Crippen molar-refractivity contribution in [3.05, 3.63) is 83.2 Å². The van der Waals surface area contributed by atoms with Crippen molar-refractivity contribution in [2.45, 2.75) is 26.7 Å². The van der Waals surface area contributed by atoms with Crippen LogP contribution >= 0.6 is 0 Å². The van der Waals surface area contributed by atoms with Crippen LogP contribution in [0.15, 0.2) is 60.8 Å². The average molecular weight is 415 g/mol. The number of nitrogens with zero attached hydrogens (tertiary/aromatic N) is 2. The molecule has 0 radical (unpaired) electrons. The fourth-order valence-electron chi connectivity index (χ4n) is 3.78. The monoisotopic (exact) mass is 415 g/mol. The van der Waals surface area contributed by atoms with Crippen LogP contribution in [0.25, 0.3) is 0 Å². The third kappa shape index (κ3) is 4.58. The Morgan fingerprint density at radius 3 is 2.77 bits per heavy atom. The number of anilines is 2. The molecule has 0 aliphatic carbocycles. The lowest BCUT2D eigenvalue weighted by Gasteiger charge is -2.17. The summed E-state index contributed by atoms with van der Waals surface area (Å²) < 4.78 is 5.63. The van der Waals surface area contributed by atoms with E-state index in [1.54, 1.807) is 17.2 Å². The maximum absolute atomic E-state index is 12.8. The van der Waals surface area contributed by atoms with Gasteiger partial charge in [0.1, 0.15) is 5.75 Å². The third-order valence-electron chi connectivity index (χ3n) is 5.27. The quantitative estimate of drug-likeness (QED) is 0.656. The molecule has 31 heavy (non-hydrogen) atoms. The number of aromatic nitrogens is 1. The number of carbonyl (C=O) groups excluding carboxylic acids is 2. The average Bonchev–Trinajstić information content (AvgIpc) is 3.18. The molecule has 2 aromatic carbocycles. The number of rotatable bonds is 6. The first-order valence-electron chi connectivity index (χ1n) is 10.4. The second kappa shape index (κ2) is 9.00. The highest BCUT2D eigenvalue weighted by Crippen LogP contribution is 2.31. The molecule has 0 bridgehead atoms. The van der Waals surface area contributed by atoms with Crippen molar-refractivity contribution in [2.75, 3.05) is 23.4 Å². The summed E-state index contributed by atoms with van der Waals surface area (Å²) in [6, 6.07) is 16.8. The molecule has 0 saturated carbocycles. The van der Waals surface area contributed by atoms with Crippen molar-refractivity contribution < 1.29 is 14.3 Å². The Bertz CT molecular complexity index is 1110. The number of benzene rings is 2. The molecule has 0 unspecified atom stereocenters. The van der Waals surface area contributed by atoms with Crippen molar-refractivity contribution >= 4 is 23.2 Å². The highest BCUT2D eigenvalue weighted by molar-refractivity contribution is 6.06. The van der Waals surface area contributed by atoms with Gasteiger partial charge in [-0.15, -0.1) is 0 Å². The Morgan fingerprint density at radius 2 is 2.00 bits per heavy atom. The Kier molecular flexibility index (Phi) is 5.98. The molecule has 1 aliphatic heterocycles. The number of hydrogen-bond acceptors (Lipinski definition) is 4. The van der Waals surface area contributed by atoms with Gasteiger partial charge in [0.15, 0.2) is 0 Å². The molecule has 1 aliphatic rings. The van der Waals surface area contributed by atoms with Crippen molar-refractivity contribution in [2.24, 2.45) is 0 Å². The van der Waals surface area contributed by atoms with Gasteiger partial charge in [-0.3, -0.25) is 14.6 Å². The van der Waals surface area contributed by atoms with Crippen LogP contribution in [-0.4, -0.2) is 29.9 Å². The third-order valence-corrected chi connectivity index (χ3v) is 5.27. The second-order valence-electron chi connectivity index (χ2n) is 7.52. The first kappa shape index (κ1) is 20.6. The first-order chi connectivity index (χ1) is 15.0. The van der Waals surface area contributed by atoms with Gasteiger partial charge in [-0.25, -0.2) is 0 Å². The van der Waals surface area contributed by atoms with Gasteiger partial charge in [-0.2, -0.15) is 0 Å². The first-order valence-corrected chi connectivity index (χ1v) is 10.4. The zero-order valence-corrected chi connectivity index (χ0v) is 17.7. The highest BCUT2D eigenvalue weighted by atomic mass is 16.5. The standard InChI is InChI=1S/C25H25N3O3/c1-3-31-23-14-17(2)7-9-21(23)25(30)27-20-8-10-22-18(15-20)11-13-28(22)24(29)16-19-6-4-5-12-26-19/h4-10,12,14-15H,3,11,13,16H2,1-2H3,(H,27,30). The number of nitrogens with one attached hydrogen (secondary N) is 1. The normalized spacial score (nSPS) is 12.4. The number of fused-ring (bicyclic) bond motifs is 1. The van der Waals surface area contributed by atoms with Crippen LogP contribution in [0, 0.1) is 6.92 Å². The maximum Gasteiger partial charge on any atom is 0.259 e. The topological polar surface area (TPSA) is 71.5 Å². The molecule has 1 aromatic heterocycles. The van der Waals surface area contributed by atoms with Crippen molar-refractivity contribution in [3.63, 3.8) is 0 Å². The van der Waals surface area contributed by atoms with Gasteiger partial charge in [0.25, 0.3) is 5.91 Å². The number of amides is 2. The van der Waals surface area contributed by atoms with Crippen molar-refractivity contribution in [3.8, 4) is 5.75 Å². The predicted molar refractivity (Wildman–Crippen MR) is 121 cm³/mol. The van der Waals surface area contributed by atoms with Gasteiger partial charge in [0, 0.05) is 29.8 Å². The van der Waals surface area contributed by atoms with E-state index in [0.717, 1.165) is 28.9 Å². The van der Waals surface area contributed by atoms with Crippen LogP contribution in [0.3, 0.4) is 0 Å².